The van der Waals surface area contributed by atoms with Crippen molar-refractivity contribution in [3.8, 4) is 0 Å². The molecule has 2 aromatic heterocycles. The molecule has 0 aromatic carbocycles. The molecule has 3 rings (SSSR count). The first kappa shape index (κ1) is 14.0. The summed E-state index contributed by atoms with van der Waals surface area (Å²) in [6.07, 6.45) is 3.47. The predicted molar refractivity (Wildman–Crippen MR) is 82.7 cm³/mol. The number of nitrogens with zero attached hydrogens (tertiary/aromatic N) is 2. The van der Waals surface area contributed by atoms with Gasteiger partial charge in [-0.05, 0) is 36.5 Å². The van der Waals surface area contributed by atoms with E-state index < -0.39 is 0 Å². The molecule has 0 radical (unpaired) electrons. The smallest absolute Gasteiger partial charge is 0.170 e. The van der Waals surface area contributed by atoms with Crippen LogP contribution in [0.15, 0.2) is 47.2 Å². The number of nitrogens with one attached hydrogen (secondary N) is 1. The van der Waals surface area contributed by atoms with Crippen LogP contribution in [0, 0.1) is 0 Å². The van der Waals surface area contributed by atoms with Crippen LogP contribution in [0.25, 0.3) is 0 Å². The number of thiocarbonyl (C=S) groups is 1. The number of furan rings is 1. The van der Waals surface area contributed by atoms with E-state index >= 15 is 0 Å². The van der Waals surface area contributed by atoms with Crippen LogP contribution in [0.2, 0.25) is 0 Å². The lowest BCUT2D eigenvalue weighted by Gasteiger charge is -2.25. The Morgan fingerprint density at radius 1 is 1.38 bits per heavy atom. The van der Waals surface area contributed by atoms with Crippen molar-refractivity contribution in [2.75, 3.05) is 20.3 Å². The largest absolute Gasteiger partial charge is 0.467 e. The molecular formula is C15H17N3O2S. The molecule has 110 valence electrons. The van der Waals surface area contributed by atoms with Gasteiger partial charge in [0, 0.05) is 19.9 Å². The predicted octanol–water partition coefficient (Wildman–Crippen LogP) is 2.29. The Kier molecular flexibility index (Phi) is 4.17. The fourth-order valence-corrected chi connectivity index (χ4v) is 2.94. The molecule has 1 saturated heterocycles. The standard InChI is InChI=1S/C15H17N3O2S/c1-19-10-8-18-14(12-6-4-9-20-12)13(17-15(18)21)11-5-2-3-7-16-11/h2-7,9,13-14H,8,10H2,1H3,(H,17,21). The van der Waals surface area contributed by atoms with Crippen LogP contribution < -0.4 is 5.32 Å². The maximum Gasteiger partial charge on any atom is 0.170 e. The first-order valence-corrected chi connectivity index (χ1v) is 7.22. The number of aromatic nitrogens is 1. The summed E-state index contributed by atoms with van der Waals surface area (Å²) in [7, 11) is 1.69. The molecule has 21 heavy (non-hydrogen) atoms. The van der Waals surface area contributed by atoms with Crippen LogP contribution in [0.5, 0.6) is 0 Å². The summed E-state index contributed by atoms with van der Waals surface area (Å²) < 4.78 is 10.8. The molecule has 2 aromatic rings. The number of hydrogen-bond donors (Lipinski definition) is 1. The summed E-state index contributed by atoms with van der Waals surface area (Å²) in [5.41, 5.74) is 0.946. The van der Waals surface area contributed by atoms with Gasteiger partial charge in [-0.15, -0.1) is 0 Å². The topological polar surface area (TPSA) is 50.5 Å². The van der Waals surface area contributed by atoms with E-state index in [0.29, 0.717) is 18.3 Å². The minimum absolute atomic E-state index is 0.0162. The maximum absolute atomic E-state index is 5.62. The normalized spacial score (nSPS) is 21.6. The van der Waals surface area contributed by atoms with Gasteiger partial charge in [0.15, 0.2) is 5.11 Å². The summed E-state index contributed by atoms with van der Waals surface area (Å²) in [4.78, 5) is 6.54. The molecule has 0 amide bonds. The van der Waals surface area contributed by atoms with E-state index in [1.807, 2.05) is 30.3 Å². The third-order valence-electron chi connectivity index (χ3n) is 3.57. The van der Waals surface area contributed by atoms with Gasteiger partial charge < -0.3 is 19.4 Å². The van der Waals surface area contributed by atoms with E-state index in [1.165, 1.54) is 0 Å². The minimum atomic E-state index is -0.0262. The van der Waals surface area contributed by atoms with Crippen LogP contribution in [-0.2, 0) is 4.74 Å². The quantitative estimate of drug-likeness (QED) is 0.855. The molecule has 2 atom stereocenters. The van der Waals surface area contributed by atoms with Gasteiger partial charge in [0.1, 0.15) is 11.8 Å². The number of pyridine rings is 1. The van der Waals surface area contributed by atoms with Crippen LogP contribution in [0.4, 0.5) is 0 Å². The molecule has 1 N–H and O–H groups in total. The van der Waals surface area contributed by atoms with Crippen molar-refractivity contribution in [1.29, 1.82) is 0 Å². The summed E-state index contributed by atoms with van der Waals surface area (Å²) >= 11 is 5.47. The second kappa shape index (κ2) is 6.24. The van der Waals surface area contributed by atoms with Gasteiger partial charge in [0.25, 0.3) is 0 Å². The lowest BCUT2D eigenvalue weighted by molar-refractivity contribution is 0.158. The molecule has 2 unspecified atom stereocenters. The van der Waals surface area contributed by atoms with Crippen LogP contribution in [0.3, 0.4) is 0 Å². The highest BCUT2D eigenvalue weighted by Gasteiger charge is 2.41. The Balaban J connectivity index is 1.94. The summed E-state index contributed by atoms with van der Waals surface area (Å²) in [5.74, 6) is 0.870. The number of methoxy groups -OCH3 is 1. The number of rotatable bonds is 5. The average molecular weight is 303 g/mol. The Labute approximate surface area is 128 Å². The van der Waals surface area contributed by atoms with Gasteiger partial charge >= 0.3 is 0 Å². The Bertz CT molecular complexity index is 588. The Hall–Kier alpha value is -1.92. The van der Waals surface area contributed by atoms with E-state index in [0.717, 1.165) is 11.5 Å². The Morgan fingerprint density at radius 2 is 2.29 bits per heavy atom. The van der Waals surface area contributed by atoms with E-state index in [-0.39, 0.29) is 12.1 Å². The zero-order valence-electron chi connectivity index (χ0n) is 11.7. The number of ether oxygens (including phenoxy) is 1. The van der Waals surface area contributed by atoms with Crippen molar-refractivity contribution in [2.45, 2.75) is 12.1 Å². The molecule has 1 aliphatic rings. The second-order valence-corrected chi connectivity index (χ2v) is 5.21. The van der Waals surface area contributed by atoms with Gasteiger partial charge in [-0.2, -0.15) is 0 Å². The highest BCUT2D eigenvalue weighted by molar-refractivity contribution is 7.80. The van der Waals surface area contributed by atoms with E-state index in [9.17, 15) is 0 Å². The molecule has 6 heteroatoms. The average Bonchev–Trinajstić information content (AvgIpc) is 3.13. The molecule has 1 aliphatic heterocycles. The summed E-state index contributed by atoms with van der Waals surface area (Å²) in [6.45, 7) is 1.31. The second-order valence-electron chi connectivity index (χ2n) is 4.83. The molecule has 3 heterocycles. The number of hydrogen-bond acceptors (Lipinski definition) is 4. The van der Waals surface area contributed by atoms with Crippen LogP contribution in [0.1, 0.15) is 23.5 Å². The van der Waals surface area contributed by atoms with Gasteiger partial charge in [-0.25, -0.2) is 0 Å². The maximum atomic E-state index is 5.62. The van der Waals surface area contributed by atoms with Crippen LogP contribution >= 0.6 is 12.2 Å². The van der Waals surface area contributed by atoms with E-state index in [4.69, 9.17) is 21.4 Å². The zero-order valence-corrected chi connectivity index (χ0v) is 12.5. The minimum Gasteiger partial charge on any atom is -0.467 e. The zero-order chi connectivity index (χ0) is 14.7. The molecular weight excluding hydrogens is 286 g/mol. The molecule has 0 spiro atoms. The first-order valence-electron chi connectivity index (χ1n) is 6.81. The summed E-state index contributed by atoms with van der Waals surface area (Å²) in [5, 5.41) is 4.05. The van der Waals surface area contributed by atoms with Gasteiger partial charge in [-0.1, -0.05) is 6.07 Å². The monoisotopic (exact) mass is 303 g/mol. The van der Waals surface area contributed by atoms with E-state index in [2.05, 4.69) is 15.2 Å². The van der Waals surface area contributed by atoms with Crippen molar-refractivity contribution in [2.24, 2.45) is 0 Å². The van der Waals surface area contributed by atoms with Crippen LogP contribution in [-0.4, -0.2) is 35.3 Å². The fraction of sp³-hybridized carbons (Fsp3) is 0.333. The first-order chi connectivity index (χ1) is 10.3. The highest BCUT2D eigenvalue weighted by Crippen LogP contribution is 2.38. The lowest BCUT2D eigenvalue weighted by Crippen LogP contribution is -2.32. The van der Waals surface area contributed by atoms with Crippen molar-refractivity contribution in [3.05, 3.63) is 54.2 Å². The van der Waals surface area contributed by atoms with Crippen molar-refractivity contribution in [3.63, 3.8) is 0 Å². The lowest BCUT2D eigenvalue weighted by atomic mass is 10.0. The van der Waals surface area contributed by atoms with Crippen molar-refractivity contribution >= 4 is 17.3 Å². The fourth-order valence-electron chi connectivity index (χ4n) is 2.60. The third-order valence-corrected chi connectivity index (χ3v) is 3.92. The third kappa shape index (κ3) is 2.77. The molecule has 1 fully saturated rings. The highest BCUT2D eigenvalue weighted by atomic mass is 32.1. The SMILES string of the molecule is COCCN1C(=S)NC(c2ccccn2)C1c1ccco1. The van der Waals surface area contributed by atoms with Gasteiger partial charge in [-0.3, -0.25) is 4.98 Å². The summed E-state index contributed by atoms with van der Waals surface area (Å²) in [6, 6.07) is 9.69. The molecule has 0 aliphatic carbocycles. The van der Waals surface area contributed by atoms with Gasteiger partial charge in [0.05, 0.1) is 24.6 Å². The van der Waals surface area contributed by atoms with E-state index in [1.54, 1.807) is 19.6 Å². The van der Waals surface area contributed by atoms with Gasteiger partial charge in [0.2, 0.25) is 0 Å². The molecule has 0 bridgehead atoms. The Morgan fingerprint density at radius 3 is 2.95 bits per heavy atom. The molecule has 5 nitrogen and oxygen atoms in total. The molecule has 0 saturated carbocycles. The van der Waals surface area contributed by atoms with Crippen molar-refractivity contribution < 1.29 is 9.15 Å². The van der Waals surface area contributed by atoms with Crippen molar-refractivity contribution in [1.82, 2.24) is 15.2 Å².